The number of nitrogen functional groups attached to an aromatic ring is 1. The topological polar surface area (TPSA) is 96.2 Å². The van der Waals surface area contributed by atoms with Crippen molar-refractivity contribution < 1.29 is 4.79 Å². The first-order chi connectivity index (χ1) is 9.19. The maximum absolute atomic E-state index is 11.9. The molecule has 0 spiro atoms. The van der Waals surface area contributed by atoms with Crippen molar-refractivity contribution in [1.82, 2.24) is 20.2 Å². The SMILES string of the molecule is CN1CCCC(CNC(=O)c2cncc(NN)n2)C1. The Morgan fingerprint density at radius 1 is 1.58 bits per heavy atom. The van der Waals surface area contributed by atoms with Gasteiger partial charge in [0.15, 0.2) is 5.82 Å². The van der Waals surface area contributed by atoms with E-state index in [4.69, 9.17) is 5.84 Å². The first-order valence-corrected chi connectivity index (χ1v) is 6.44. The molecule has 7 nitrogen and oxygen atoms in total. The number of nitrogens with two attached hydrogens (primary N) is 1. The highest BCUT2D eigenvalue weighted by molar-refractivity contribution is 5.92. The van der Waals surface area contributed by atoms with Crippen molar-refractivity contribution in [3.8, 4) is 0 Å². The van der Waals surface area contributed by atoms with Crippen LogP contribution >= 0.6 is 0 Å². The highest BCUT2D eigenvalue weighted by atomic mass is 16.1. The summed E-state index contributed by atoms with van der Waals surface area (Å²) in [5.74, 6) is 5.91. The quantitative estimate of drug-likeness (QED) is 0.516. The Labute approximate surface area is 112 Å². The number of piperidine rings is 1. The molecule has 1 fully saturated rings. The second-order valence-electron chi connectivity index (χ2n) is 4.91. The summed E-state index contributed by atoms with van der Waals surface area (Å²) in [7, 11) is 2.11. The van der Waals surface area contributed by atoms with Crippen molar-refractivity contribution in [3.63, 3.8) is 0 Å². The lowest BCUT2D eigenvalue weighted by Crippen LogP contribution is -2.39. The van der Waals surface area contributed by atoms with E-state index in [0.717, 1.165) is 19.5 Å². The average Bonchev–Trinajstić information content (AvgIpc) is 2.45. The summed E-state index contributed by atoms with van der Waals surface area (Å²) in [6.07, 6.45) is 5.24. The van der Waals surface area contributed by atoms with Crippen LogP contribution in [0.1, 0.15) is 23.3 Å². The molecule has 1 aromatic rings. The summed E-state index contributed by atoms with van der Waals surface area (Å²) < 4.78 is 0. The Hall–Kier alpha value is -1.73. The Balaban J connectivity index is 1.86. The Kier molecular flexibility index (Phi) is 4.64. The lowest BCUT2D eigenvalue weighted by Gasteiger charge is -2.29. The van der Waals surface area contributed by atoms with E-state index in [1.54, 1.807) is 0 Å². The molecule has 1 saturated heterocycles. The van der Waals surface area contributed by atoms with Crippen LogP contribution in [0.5, 0.6) is 0 Å². The molecule has 2 heterocycles. The van der Waals surface area contributed by atoms with Gasteiger partial charge in [-0.3, -0.25) is 9.78 Å². The molecular formula is C12H20N6O. The molecule has 0 aliphatic carbocycles. The molecule has 1 unspecified atom stereocenters. The highest BCUT2D eigenvalue weighted by Crippen LogP contribution is 2.14. The molecule has 0 radical (unpaired) electrons. The number of nitrogens with one attached hydrogen (secondary N) is 2. The summed E-state index contributed by atoms with van der Waals surface area (Å²) in [6, 6.07) is 0. The van der Waals surface area contributed by atoms with Gasteiger partial charge in [-0.1, -0.05) is 0 Å². The van der Waals surface area contributed by atoms with Gasteiger partial charge >= 0.3 is 0 Å². The molecule has 1 aromatic heterocycles. The highest BCUT2D eigenvalue weighted by Gasteiger charge is 2.18. The van der Waals surface area contributed by atoms with Crippen LogP contribution in [-0.4, -0.2) is 47.5 Å². The molecule has 0 bridgehead atoms. The van der Waals surface area contributed by atoms with Crippen LogP contribution in [0.25, 0.3) is 0 Å². The van der Waals surface area contributed by atoms with Gasteiger partial charge in [0, 0.05) is 13.1 Å². The lowest BCUT2D eigenvalue weighted by atomic mass is 9.98. The van der Waals surface area contributed by atoms with Gasteiger partial charge in [-0.25, -0.2) is 10.8 Å². The number of rotatable bonds is 4. The Morgan fingerprint density at radius 2 is 2.42 bits per heavy atom. The van der Waals surface area contributed by atoms with Gasteiger partial charge in [-0.2, -0.15) is 0 Å². The molecule has 0 saturated carbocycles. The number of nitrogens with zero attached hydrogens (tertiary/aromatic N) is 3. The lowest BCUT2D eigenvalue weighted by molar-refractivity contribution is 0.0931. The molecule has 1 aliphatic rings. The minimum atomic E-state index is -0.210. The zero-order valence-corrected chi connectivity index (χ0v) is 11.1. The van der Waals surface area contributed by atoms with Crippen molar-refractivity contribution >= 4 is 11.7 Å². The van der Waals surface area contributed by atoms with Crippen molar-refractivity contribution in [1.29, 1.82) is 0 Å². The number of anilines is 1. The standard InChI is InChI=1S/C12H20N6O/c1-18-4-2-3-9(8-18)5-15-12(19)10-6-14-7-11(16-10)17-13/h6-7,9H,2-5,8,13H2,1H3,(H,15,19)(H,16,17). The van der Waals surface area contributed by atoms with Crippen molar-refractivity contribution in [2.24, 2.45) is 11.8 Å². The number of carbonyl (C=O) groups is 1. The Bertz CT molecular complexity index is 438. The van der Waals surface area contributed by atoms with E-state index >= 15 is 0 Å². The van der Waals surface area contributed by atoms with Crippen LogP contribution in [0, 0.1) is 5.92 Å². The third kappa shape index (κ3) is 3.87. The second-order valence-corrected chi connectivity index (χ2v) is 4.91. The molecule has 2 rings (SSSR count). The monoisotopic (exact) mass is 264 g/mol. The fourth-order valence-electron chi connectivity index (χ4n) is 2.31. The molecule has 7 heteroatoms. The zero-order valence-electron chi connectivity index (χ0n) is 11.1. The first kappa shape index (κ1) is 13.7. The van der Waals surface area contributed by atoms with Crippen molar-refractivity contribution in [3.05, 3.63) is 18.1 Å². The second kappa shape index (κ2) is 6.44. The van der Waals surface area contributed by atoms with Crippen LogP contribution in [-0.2, 0) is 0 Å². The average molecular weight is 264 g/mol. The van der Waals surface area contributed by atoms with E-state index in [1.165, 1.54) is 18.8 Å². The first-order valence-electron chi connectivity index (χ1n) is 6.44. The molecule has 1 atom stereocenters. The number of carbonyl (C=O) groups excluding carboxylic acids is 1. The molecule has 4 N–H and O–H groups in total. The summed E-state index contributed by atoms with van der Waals surface area (Å²) in [6.45, 7) is 2.83. The van der Waals surface area contributed by atoms with Gasteiger partial charge in [0.25, 0.3) is 5.91 Å². The number of hydrogen-bond acceptors (Lipinski definition) is 6. The smallest absolute Gasteiger partial charge is 0.271 e. The van der Waals surface area contributed by atoms with Gasteiger partial charge in [-0.15, -0.1) is 0 Å². The number of aromatic nitrogens is 2. The fraction of sp³-hybridized carbons (Fsp3) is 0.583. The molecule has 19 heavy (non-hydrogen) atoms. The van der Waals surface area contributed by atoms with Gasteiger partial charge < -0.3 is 15.6 Å². The molecule has 1 aliphatic heterocycles. The third-order valence-electron chi connectivity index (χ3n) is 3.29. The minimum Gasteiger partial charge on any atom is -0.350 e. The zero-order chi connectivity index (χ0) is 13.7. The van der Waals surface area contributed by atoms with Crippen molar-refractivity contribution in [2.75, 3.05) is 32.1 Å². The predicted octanol–water partition coefficient (Wildman–Crippen LogP) is -0.166. The summed E-state index contributed by atoms with van der Waals surface area (Å²) in [5.41, 5.74) is 2.65. The van der Waals surface area contributed by atoms with Gasteiger partial charge in [0.1, 0.15) is 5.69 Å². The minimum absolute atomic E-state index is 0.210. The number of likely N-dealkylation sites (tertiary alicyclic amines) is 1. The number of hydrogen-bond donors (Lipinski definition) is 3. The molecule has 104 valence electrons. The molecule has 1 amide bonds. The third-order valence-corrected chi connectivity index (χ3v) is 3.29. The van der Waals surface area contributed by atoms with Crippen LogP contribution in [0.4, 0.5) is 5.82 Å². The summed E-state index contributed by atoms with van der Waals surface area (Å²) in [5, 5.41) is 2.90. The molecular weight excluding hydrogens is 244 g/mol. The maximum Gasteiger partial charge on any atom is 0.271 e. The van der Waals surface area contributed by atoms with Crippen LogP contribution in [0.3, 0.4) is 0 Å². The van der Waals surface area contributed by atoms with E-state index in [1.807, 2.05) is 0 Å². The largest absolute Gasteiger partial charge is 0.350 e. The van der Waals surface area contributed by atoms with E-state index < -0.39 is 0 Å². The predicted molar refractivity (Wildman–Crippen MR) is 72.4 cm³/mol. The van der Waals surface area contributed by atoms with Crippen molar-refractivity contribution in [2.45, 2.75) is 12.8 Å². The van der Waals surface area contributed by atoms with Gasteiger partial charge in [0.05, 0.1) is 12.4 Å². The van der Waals surface area contributed by atoms with Gasteiger partial charge in [0.2, 0.25) is 0 Å². The van der Waals surface area contributed by atoms with E-state index in [2.05, 4.69) is 32.7 Å². The maximum atomic E-state index is 11.9. The van der Waals surface area contributed by atoms with Crippen LogP contribution in [0.2, 0.25) is 0 Å². The Morgan fingerprint density at radius 3 is 3.16 bits per heavy atom. The van der Waals surface area contributed by atoms with Crippen LogP contribution < -0.4 is 16.6 Å². The van der Waals surface area contributed by atoms with E-state index in [9.17, 15) is 4.79 Å². The van der Waals surface area contributed by atoms with E-state index in [-0.39, 0.29) is 11.6 Å². The molecule has 0 aromatic carbocycles. The fourth-order valence-corrected chi connectivity index (χ4v) is 2.31. The number of hydrazine groups is 1. The number of amides is 1. The van der Waals surface area contributed by atoms with Crippen LogP contribution in [0.15, 0.2) is 12.4 Å². The van der Waals surface area contributed by atoms with E-state index in [0.29, 0.717) is 18.3 Å². The summed E-state index contributed by atoms with van der Waals surface area (Å²) >= 11 is 0. The normalized spacial score (nSPS) is 20.0. The summed E-state index contributed by atoms with van der Waals surface area (Å²) in [4.78, 5) is 22.2. The van der Waals surface area contributed by atoms with Gasteiger partial charge in [-0.05, 0) is 32.4 Å².